The Kier molecular flexibility index (Phi) is 3.62. The second kappa shape index (κ2) is 5.57. The van der Waals surface area contributed by atoms with E-state index in [0.29, 0.717) is 24.8 Å². The molecule has 1 aromatic heterocycles. The highest BCUT2D eigenvalue weighted by Crippen LogP contribution is 2.40. The fourth-order valence-corrected chi connectivity index (χ4v) is 3.04. The Hall–Kier alpha value is -2.34. The fraction of sp³-hybridized carbons (Fsp3) is 0.615. The molecule has 110 valence electrons. The number of rotatable bonds is 3. The van der Waals surface area contributed by atoms with Gasteiger partial charge in [-0.25, -0.2) is 4.79 Å². The van der Waals surface area contributed by atoms with E-state index in [1.165, 1.54) is 0 Å². The molecule has 1 aromatic rings. The van der Waals surface area contributed by atoms with Gasteiger partial charge in [0.15, 0.2) is 5.82 Å². The van der Waals surface area contributed by atoms with Gasteiger partial charge in [0.2, 0.25) is 0 Å². The van der Waals surface area contributed by atoms with E-state index in [9.17, 15) is 4.79 Å². The topological polar surface area (TPSA) is 104 Å². The number of ether oxygens (including phenoxy) is 1. The first-order valence-corrected chi connectivity index (χ1v) is 7.01. The highest BCUT2D eigenvalue weighted by Gasteiger charge is 2.47. The van der Waals surface area contributed by atoms with Crippen LogP contribution in [0.4, 0.5) is 10.6 Å². The second-order valence-corrected chi connectivity index (χ2v) is 5.58. The number of carbonyl (C=O) groups is 1. The molecule has 3 rings (SSSR count). The minimum Gasteiger partial charge on any atom is -0.441 e. The lowest BCUT2D eigenvalue weighted by Crippen LogP contribution is -2.39. The molecular weight excluding hydrogens is 272 g/mol. The van der Waals surface area contributed by atoms with Crippen molar-refractivity contribution in [1.29, 1.82) is 0 Å². The van der Waals surface area contributed by atoms with Gasteiger partial charge in [-0.2, -0.15) is 5.10 Å². The summed E-state index contributed by atoms with van der Waals surface area (Å²) in [5.41, 5.74) is 7.94. The van der Waals surface area contributed by atoms with Crippen molar-refractivity contribution in [1.82, 2.24) is 10.2 Å². The maximum atomic E-state index is 12.1. The van der Waals surface area contributed by atoms with E-state index in [1.807, 2.05) is 0 Å². The van der Waals surface area contributed by atoms with Crippen molar-refractivity contribution in [2.24, 2.45) is 11.0 Å². The first-order valence-electron chi connectivity index (χ1n) is 7.01. The molecule has 1 aliphatic heterocycles. The van der Waals surface area contributed by atoms with Crippen LogP contribution in [0.15, 0.2) is 23.4 Å². The zero-order valence-electron chi connectivity index (χ0n) is 11.6. The molecular formula is C13H16N6O2. The smallest absolute Gasteiger partial charge is 0.416 e. The molecule has 1 amide bonds. The second-order valence-electron chi connectivity index (χ2n) is 5.58. The van der Waals surface area contributed by atoms with Gasteiger partial charge in [0.05, 0.1) is 6.54 Å². The van der Waals surface area contributed by atoms with Gasteiger partial charge in [0.25, 0.3) is 0 Å². The summed E-state index contributed by atoms with van der Waals surface area (Å²) in [6, 6.07) is 3.50. The Bertz CT molecular complexity index is 563. The van der Waals surface area contributed by atoms with Crippen LogP contribution in [0.25, 0.3) is 10.4 Å². The Morgan fingerprint density at radius 3 is 3.00 bits per heavy atom. The number of amides is 1. The van der Waals surface area contributed by atoms with Crippen LogP contribution in [0.5, 0.6) is 0 Å². The summed E-state index contributed by atoms with van der Waals surface area (Å²) >= 11 is 0. The van der Waals surface area contributed by atoms with Crippen molar-refractivity contribution in [2.45, 2.75) is 31.3 Å². The van der Waals surface area contributed by atoms with Crippen LogP contribution in [0.2, 0.25) is 0 Å². The number of hydrogen-bond acceptors (Lipinski definition) is 5. The molecule has 21 heavy (non-hydrogen) atoms. The molecule has 0 bridgehead atoms. The Morgan fingerprint density at radius 1 is 1.52 bits per heavy atom. The number of anilines is 1. The van der Waals surface area contributed by atoms with Crippen molar-refractivity contribution in [3.8, 4) is 0 Å². The van der Waals surface area contributed by atoms with Crippen molar-refractivity contribution < 1.29 is 9.53 Å². The van der Waals surface area contributed by atoms with Gasteiger partial charge in [-0.15, -0.1) is 5.10 Å². The standard InChI is InChI=1S/C13H16N6O2/c14-18-16-8-10-3-5-13(6-4-10)9-19(12(20)21-13)11-2-1-7-15-17-11/h1-2,7,10H,3-6,8-9H2/t10-,13-. The number of nitrogens with zero attached hydrogens (tertiary/aromatic N) is 6. The van der Waals surface area contributed by atoms with E-state index in [0.717, 1.165) is 25.7 Å². The van der Waals surface area contributed by atoms with Gasteiger partial charge >= 0.3 is 6.09 Å². The first kappa shape index (κ1) is 13.6. The van der Waals surface area contributed by atoms with Gasteiger partial charge in [0.1, 0.15) is 5.60 Å². The number of hydrogen-bond donors (Lipinski definition) is 0. The maximum absolute atomic E-state index is 12.1. The van der Waals surface area contributed by atoms with Crippen molar-refractivity contribution >= 4 is 11.9 Å². The van der Waals surface area contributed by atoms with Crippen LogP contribution in [0.3, 0.4) is 0 Å². The lowest BCUT2D eigenvalue weighted by atomic mass is 9.79. The molecule has 0 aromatic carbocycles. The quantitative estimate of drug-likeness (QED) is 0.484. The van der Waals surface area contributed by atoms with E-state index in [2.05, 4.69) is 20.2 Å². The average Bonchev–Trinajstić information content (AvgIpc) is 2.84. The molecule has 1 aliphatic carbocycles. The molecule has 1 saturated heterocycles. The third kappa shape index (κ3) is 2.75. The van der Waals surface area contributed by atoms with Gasteiger partial charge < -0.3 is 4.74 Å². The first-order chi connectivity index (χ1) is 10.2. The average molecular weight is 288 g/mol. The van der Waals surface area contributed by atoms with E-state index < -0.39 is 5.60 Å². The molecule has 8 heteroatoms. The molecule has 0 N–H and O–H groups in total. The summed E-state index contributed by atoms with van der Waals surface area (Å²) in [5, 5.41) is 11.4. The molecule has 1 saturated carbocycles. The minimum absolute atomic E-state index is 0.357. The third-order valence-electron chi connectivity index (χ3n) is 4.22. The molecule has 1 spiro atoms. The maximum Gasteiger partial charge on any atom is 0.416 e. The third-order valence-corrected chi connectivity index (χ3v) is 4.22. The summed E-state index contributed by atoms with van der Waals surface area (Å²) in [7, 11) is 0. The van der Waals surface area contributed by atoms with E-state index in [-0.39, 0.29) is 6.09 Å². The van der Waals surface area contributed by atoms with E-state index in [1.54, 1.807) is 23.2 Å². The van der Waals surface area contributed by atoms with Crippen LogP contribution in [-0.4, -0.2) is 35.0 Å². The van der Waals surface area contributed by atoms with Gasteiger partial charge in [-0.1, -0.05) is 5.11 Å². The minimum atomic E-state index is -0.429. The summed E-state index contributed by atoms with van der Waals surface area (Å²) in [6.45, 7) is 1.03. The molecule has 0 atom stereocenters. The van der Waals surface area contributed by atoms with Crippen molar-refractivity contribution in [3.05, 3.63) is 28.8 Å². The molecule has 0 radical (unpaired) electrons. The lowest BCUT2D eigenvalue weighted by Gasteiger charge is -2.34. The number of aromatic nitrogens is 2. The number of azide groups is 1. The van der Waals surface area contributed by atoms with Crippen LogP contribution in [0, 0.1) is 5.92 Å². The fourth-order valence-electron chi connectivity index (χ4n) is 3.04. The summed E-state index contributed by atoms with van der Waals surface area (Å²) in [5.74, 6) is 0.909. The Labute approximate surface area is 121 Å². The Balaban J connectivity index is 1.66. The van der Waals surface area contributed by atoms with Crippen molar-refractivity contribution in [2.75, 3.05) is 18.0 Å². The SMILES string of the molecule is [N-]=[N+]=NC[C@H]1CC[C@]2(CC1)CN(c1cccnn1)C(=O)O2. The summed E-state index contributed by atoms with van der Waals surface area (Å²) < 4.78 is 5.63. The van der Waals surface area contributed by atoms with Gasteiger partial charge in [-0.05, 0) is 49.3 Å². The lowest BCUT2D eigenvalue weighted by molar-refractivity contribution is 0.0144. The molecule has 0 unspecified atom stereocenters. The molecule has 2 heterocycles. The van der Waals surface area contributed by atoms with Crippen LogP contribution < -0.4 is 4.90 Å². The Morgan fingerprint density at radius 2 is 2.33 bits per heavy atom. The summed E-state index contributed by atoms with van der Waals surface area (Å²) in [6.07, 6.45) is 4.61. The van der Waals surface area contributed by atoms with Crippen LogP contribution in [0.1, 0.15) is 25.7 Å². The predicted octanol–water partition coefficient (Wildman–Crippen LogP) is 2.67. The normalized spacial score (nSPS) is 28.3. The molecule has 8 nitrogen and oxygen atoms in total. The highest BCUT2D eigenvalue weighted by atomic mass is 16.6. The van der Waals surface area contributed by atoms with Crippen molar-refractivity contribution in [3.63, 3.8) is 0 Å². The molecule has 2 fully saturated rings. The zero-order chi connectivity index (χ0) is 14.7. The van der Waals surface area contributed by atoms with E-state index >= 15 is 0 Å². The predicted molar refractivity (Wildman–Crippen MR) is 74.6 cm³/mol. The molecule has 2 aliphatic rings. The van der Waals surface area contributed by atoms with Crippen LogP contribution in [-0.2, 0) is 4.74 Å². The van der Waals surface area contributed by atoms with E-state index in [4.69, 9.17) is 10.3 Å². The van der Waals surface area contributed by atoms with Gasteiger partial charge in [-0.3, -0.25) is 4.90 Å². The van der Waals surface area contributed by atoms with Crippen LogP contribution >= 0.6 is 0 Å². The summed E-state index contributed by atoms with van der Waals surface area (Å²) in [4.78, 5) is 16.4. The monoisotopic (exact) mass is 288 g/mol. The largest absolute Gasteiger partial charge is 0.441 e. The zero-order valence-corrected chi connectivity index (χ0v) is 11.6. The highest BCUT2D eigenvalue weighted by molar-refractivity contribution is 5.89. The van der Waals surface area contributed by atoms with Gasteiger partial charge in [0, 0.05) is 17.7 Å². The number of carbonyl (C=O) groups excluding carboxylic acids is 1.